The van der Waals surface area contributed by atoms with Crippen LogP contribution in [0.2, 0.25) is 5.02 Å². The maximum Gasteiger partial charge on any atom is 0.0406 e. The van der Waals surface area contributed by atoms with E-state index in [1.165, 1.54) is 37.9 Å². The average Bonchev–Trinajstić information content (AvgIpc) is 2.33. The number of hydrogen-bond acceptors (Lipinski definition) is 1. The van der Waals surface area contributed by atoms with Crippen molar-refractivity contribution < 1.29 is 0 Å². The minimum atomic E-state index is 0.827. The van der Waals surface area contributed by atoms with Gasteiger partial charge in [-0.25, -0.2) is 0 Å². The topological polar surface area (TPSA) is 3.24 Å². The SMILES string of the molecule is CCC1CCN(Cc2ccc(Cl)cc2)CC1. The summed E-state index contributed by atoms with van der Waals surface area (Å²) in [5, 5.41) is 0.827. The summed E-state index contributed by atoms with van der Waals surface area (Å²) in [5.41, 5.74) is 1.37. The van der Waals surface area contributed by atoms with Crippen molar-refractivity contribution in [2.45, 2.75) is 32.7 Å². The molecule has 2 heteroatoms. The van der Waals surface area contributed by atoms with Gasteiger partial charge in [0.25, 0.3) is 0 Å². The van der Waals surface area contributed by atoms with Crippen LogP contribution in [0.4, 0.5) is 0 Å². The quantitative estimate of drug-likeness (QED) is 0.769. The molecule has 0 amide bonds. The van der Waals surface area contributed by atoms with Gasteiger partial charge in [-0.15, -0.1) is 0 Å². The number of benzene rings is 1. The van der Waals surface area contributed by atoms with Gasteiger partial charge in [-0.2, -0.15) is 0 Å². The highest BCUT2D eigenvalue weighted by atomic mass is 35.5. The predicted octanol–water partition coefficient (Wildman–Crippen LogP) is 3.96. The lowest BCUT2D eigenvalue weighted by molar-refractivity contribution is 0.175. The second-order valence-corrected chi connectivity index (χ2v) is 5.19. The zero-order valence-corrected chi connectivity index (χ0v) is 10.7. The molecule has 1 aromatic carbocycles. The van der Waals surface area contributed by atoms with Crippen LogP contribution in [0.5, 0.6) is 0 Å². The first-order chi connectivity index (χ1) is 7.78. The van der Waals surface area contributed by atoms with Crippen molar-refractivity contribution in [2.24, 2.45) is 5.92 Å². The van der Waals surface area contributed by atoms with E-state index >= 15 is 0 Å². The van der Waals surface area contributed by atoms with E-state index in [4.69, 9.17) is 11.6 Å². The summed E-state index contributed by atoms with van der Waals surface area (Å²) in [6.07, 6.45) is 4.07. The first kappa shape index (κ1) is 11.9. The lowest BCUT2D eigenvalue weighted by Gasteiger charge is -2.31. The van der Waals surface area contributed by atoms with Gasteiger partial charge < -0.3 is 0 Å². The number of likely N-dealkylation sites (tertiary alicyclic amines) is 1. The Morgan fingerprint density at radius 2 is 1.81 bits per heavy atom. The zero-order chi connectivity index (χ0) is 11.4. The van der Waals surface area contributed by atoms with Crippen LogP contribution in [-0.4, -0.2) is 18.0 Å². The molecule has 2 rings (SSSR count). The second kappa shape index (κ2) is 5.70. The predicted molar refractivity (Wildman–Crippen MR) is 69.7 cm³/mol. The van der Waals surface area contributed by atoms with Crippen molar-refractivity contribution in [2.75, 3.05) is 13.1 Å². The van der Waals surface area contributed by atoms with E-state index in [-0.39, 0.29) is 0 Å². The summed E-state index contributed by atoms with van der Waals surface area (Å²) >= 11 is 5.88. The Labute approximate surface area is 103 Å². The maximum absolute atomic E-state index is 5.88. The highest BCUT2D eigenvalue weighted by molar-refractivity contribution is 6.30. The highest BCUT2D eigenvalue weighted by Gasteiger charge is 2.17. The van der Waals surface area contributed by atoms with Crippen LogP contribution >= 0.6 is 11.6 Å². The molecule has 0 atom stereocenters. The van der Waals surface area contributed by atoms with Gasteiger partial charge in [0, 0.05) is 11.6 Å². The van der Waals surface area contributed by atoms with E-state index in [9.17, 15) is 0 Å². The molecule has 1 nitrogen and oxygen atoms in total. The van der Waals surface area contributed by atoms with Gasteiger partial charge in [-0.1, -0.05) is 37.1 Å². The van der Waals surface area contributed by atoms with Gasteiger partial charge >= 0.3 is 0 Å². The molecule has 1 aromatic rings. The number of halogens is 1. The summed E-state index contributed by atoms with van der Waals surface area (Å²) in [5.74, 6) is 0.960. The molecule has 88 valence electrons. The first-order valence-corrected chi connectivity index (χ1v) is 6.62. The van der Waals surface area contributed by atoms with Crippen LogP contribution in [0, 0.1) is 5.92 Å². The van der Waals surface area contributed by atoms with E-state index < -0.39 is 0 Å². The Kier molecular flexibility index (Phi) is 4.25. The van der Waals surface area contributed by atoms with Crippen molar-refractivity contribution >= 4 is 11.6 Å². The Morgan fingerprint density at radius 1 is 1.19 bits per heavy atom. The van der Waals surface area contributed by atoms with Crippen molar-refractivity contribution in [3.8, 4) is 0 Å². The van der Waals surface area contributed by atoms with Gasteiger partial charge in [0.05, 0.1) is 0 Å². The smallest absolute Gasteiger partial charge is 0.0406 e. The zero-order valence-electron chi connectivity index (χ0n) is 9.95. The average molecular weight is 238 g/mol. The molecule has 1 aliphatic rings. The first-order valence-electron chi connectivity index (χ1n) is 6.24. The third-order valence-corrected chi connectivity index (χ3v) is 3.86. The molecule has 0 N–H and O–H groups in total. The van der Waals surface area contributed by atoms with Crippen LogP contribution in [-0.2, 0) is 6.54 Å². The Morgan fingerprint density at radius 3 is 2.38 bits per heavy atom. The van der Waals surface area contributed by atoms with Crippen molar-refractivity contribution in [3.05, 3.63) is 34.9 Å². The van der Waals surface area contributed by atoms with Crippen LogP contribution < -0.4 is 0 Å². The standard InChI is InChI=1S/C14H20ClN/c1-2-12-7-9-16(10-8-12)11-13-3-5-14(15)6-4-13/h3-6,12H,2,7-11H2,1H3. The lowest BCUT2D eigenvalue weighted by atomic mass is 9.94. The molecule has 0 aromatic heterocycles. The molecule has 1 aliphatic heterocycles. The molecule has 0 aliphatic carbocycles. The molecule has 0 saturated carbocycles. The van der Waals surface area contributed by atoms with Crippen LogP contribution in [0.1, 0.15) is 31.7 Å². The van der Waals surface area contributed by atoms with E-state index in [0.29, 0.717) is 0 Å². The molecule has 1 saturated heterocycles. The van der Waals surface area contributed by atoms with Gasteiger partial charge in [-0.3, -0.25) is 4.90 Å². The summed E-state index contributed by atoms with van der Waals surface area (Å²) in [6.45, 7) is 5.88. The molecule has 1 fully saturated rings. The summed E-state index contributed by atoms with van der Waals surface area (Å²) < 4.78 is 0. The largest absolute Gasteiger partial charge is 0.299 e. The Hall–Kier alpha value is -0.530. The maximum atomic E-state index is 5.88. The molecular weight excluding hydrogens is 218 g/mol. The molecule has 0 radical (unpaired) electrons. The number of piperidine rings is 1. The van der Waals surface area contributed by atoms with E-state index in [2.05, 4.69) is 24.0 Å². The normalized spacial score (nSPS) is 18.9. The number of hydrogen-bond donors (Lipinski definition) is 0. The second-order valence-electron chi connectivity index (χ2n) is 4.75. The number of nitrogens with zero attached hydrogens (tertiary/aromatic N) is 1. The fourth-order valence-corrected chi connectivity index (χ4v) is 2.53. The molecule has 0 spiro atoms. The molecule has 1 heterocycles. The molecule has 16 heavy (non-hydrogen) atoms. The van der Waals surface area contributed by atoms with E-state index in [1.54, 1.807) is 0 Å². The molecule has 0 bridgehead atoms. The van der Waals surface area contributed by atoms with Crippen LogP contribution in [0.25, 0.3) is 0 Å². The van der Waals surface area contributed by atoms with Gasteiger partial charge in [0.2, 0.25) is 0 Å². The minimum Gasteiger partial charge on any atom is -0.299 e. The summed E-state index contributed by atoms with van der Waals surface area (Å²) in [7, 11) is 0. The van der Waals surface area contributed by atoms with Gasteiger partial charge in [0.15, 0.2) is 0 Å². The summed E-state index contributed by atoms with van der Waals surface area (Å²) in [4.78, 5) is 2.55. The molecule has 0 unspecified atom stereocenters. The summed E-state index contributed by atoms with van der Waals surface area (Å²) in [6, 6.07) is 8.23. The van der Waals surface area contributed by atoms with Crippen molar-refractivity contribution in [1.29, 1.82) is 0 Å². The fraction of sp³-hybridized carbons (Fsp3) is 0.571. The van der Waals surface area contributed by atoms with Crippen molar-refractivity contribution in [1.82, 2.24) is 4.90 Å². The van der Waals surface area contributed by atoms with Crippen molar-refractivity contribution in [3.63, 3.8) is 0 Å². The van der Waals surface area contributed by atoms with E-state index in [1.807, 2.05) is 12.1 Å². The Bertz CT molecular complexity index is 312. The van der Waals surface area contributed by atoms with Crippen LogP contribution in [0.3, 0.4) is 0 Å². The minimum absolute atomic E-state index is 0.827. The monoisotopic (exact) mass is 237 g/mol. The third-order valence-electron chi connectivity index (χ3n) is 3.60. The lowest BCUT2D eigenvalue weighted by Crippen LogP contribution is -2.32. The fourth-order valence-electron chi connectivity index (χ4n) is 2.40. The number of rotatable bonds is 3. The van der Waals surface area contributed by atoms with Gasteiger partial charge in [-0.05, 0) is 49.5 Å². The molecular formula is C14H20ClN. The van der Waals surface area contributed by atoms with Gasteiger partial charge in [0.1, 0.15) is 0 Å². The Balaban J connectivity index is 1.84. The third kappa shape index (κ3) is 3.23. The highest BCUT2D eigenvalue weighted by Crippen LogP contribution is 2.21. The van der Waals surface area contributed by atoms with E-state index in [0.717, 1.165) is 17.5 Å². The van der Waals surface area contributed by atoms with Crippen LogP contribution in [0.15, 0.2) is 24.3 Å².